The van der Waals surface area contributed by atoms with Gasteiger partial charge in [-0.25, -0.2) is 9.97 Å². The third kappa shape index (κ3) is 4.76. The zero-order valence-corrected chi connectivity index (χ0v) is 13.2. The molecule has 0 atom stereocenters. The molecule has 1 saturated heterocycles. The average Bonchev–Trinajstić information content (AvgIpc) is 2.46. The van der Waals surface area contributed by atoms with Crippen molar-refractivity contribution >= 4 is 35.2 Å². The lowest BCUT2D eigenvalue weighted by Crippen LogP contribution is -2.19. The third-order valence-electron chi connectivity index (χ3n) is 3.16. The molecule has 0 spiro atoms. The number of rotatable bonds is 6. The van der Waals surface area contributed by atoms with Gasteiger partial charge in [0.1, 0.15) is 11.6 Å². The van der Waals surface area contributed by atoms with E-state index in [1.54, 1.807) is 11.8 Å². The average molecular weight is 298 g/mol. The first-order valence-electron chi connectivity index (χ1n) is 6.80. The summed E-state index contributed by atoms with van der Waals surface area (Å²) in [6, 6.07) is 2.00. The lowest BCUT2D eigenvalue weighted by Gasteiger charge is -2.22. The normalized spacial score (nSPS) is 16.3. The van der Waals surface area contributed by atoms with Crippen LogP contribution in [0, 0.1) is 5.92 Å². The Bertz CT molecular complexity index is 394. The second-order valence-corrected chi connectivity index (χ2v) is 6.59. The van der Waals surface area contributed by atoms with Crippen molar-refractivity contribution in [1.82, 2.24) is 9.97 Å². The molecule has 0 unspecified atom stereocenters. The van der Waals surface area contributed by atoms with E-state index < -0.39 is 0 Å². The quantitative estimate of drug-likeness (QED) is 0.621. The van der Waals surface area contributed by atoms with Crippen molar-refractivity contribution in [3.05, 3.63) is 6.07 Å². The van der Waals surface area contributed by atoms with E-state index in [1.165, 1.54) is 24.3 Å². The molecule has 1 aromatic rings. The zero-order chi connectivity index (χ0) is 13.5. The molecule has 1 aliphatic heterocycles. The highest BCUT2D eigenvalue weighted by Gasteiger charge is 2.13. The summed E-state index contributed by atoms with van der Waals surface area (Å²) in [5.74, 6) is 5.23. The molecule has 0 bridgehead atoms. The van der Waals surface area contributed by atoms with E-state index in [4.69, 9.17) is 0 Å². The fourth-order valence-electron chi connectivity index (χ4n) is 2.08. The fourth-order valence-corrected chi connectivity index (χ4v) is 3.66. The van der Waals surface area contributed by atoms with Crippen molar-refractivity contribution in [2.45, 2.75) is 24.9 Å². The van der Waals surface area contributed by atoms with E-state index in [0.717, 1.165) is 35.8 Å². The van der Waals surface area contributed by atoms with E-state index in [0.29, 0.717) is 0 Å². The molecule has 2 N–H and O–H groups in total. The van der Waals surface area contributed by atoms with Gasteiger partial charge in [-0.1, -0.05) is 11.8 Å². The topological polar surface area (TPSA) is 49.8 Å². The summed E-state index contributed by atoms with van der Waals surface area (Å²) in [7, 11) is 0. The molecular formula is C13H22N4S2. The summed E-state index contributed by atoms with van der Waals surface area (Å²) in [4.78, 5) is 8.95. The molecule has 1 aromatic heterocycles. The minimum Gasteiger partial charge on any atom is -0.370 e. The molecule has 0 aliphatic carbocycles. The fraction of sp³-hybridized carbons (Fsp3) is 0.692. The van der Waals surface area contributed by atoms with Crippen LogP contribution in [0.3, 0.4) is 0 Å². The largest absolute Gasteiger partial charge is 0.370 e. The van der Waals surface area contributed by atoms with Crippen LogP contribution < -0.4 is 10.6 Å². The molecule has 0 radical (unpaired) electrons. The highest BCUT2D eigenvalue weighted by Crippen LogP contribution is 2.23. The predicted octanol–water partition coefficient (Wildman–Crippen LogP) is 3.19. The first kappa shape index (κ1) is 14.8. The Morgan fingerprint density at radius 2 is 1.95 bits per heavy atom. The van der Waals surface area contributed by atoms with Gasteiger partial charge in [0.25, 0.3) is 0 Å². The summed E-state index contributed by atoms with van der Waals surface area (Å²) in [6.07, 6.45) is 4.64. The van der Waals surface area contributed by atoms with Gasteiger partial charge in [0.15, 0.2) is 5.16 Å². The monoisotopic (exact) mass is 298 g/mol. The minimum absolute atomic E-state index is 0.788. The molecule has 2 rings (SSSR count). The number of hydrogen-bond donors (Lipinski definition) is 2. The maximum Gasteiger partial charge on any atom is 0.191 e. The Morgan fingerprint density at radius 1 is 1.26 bits per heavy atom. The standard InChI is InChI=1S/C13H22N4S2/c1-3-14-11-8-12(17-13(16-11)18-2)15-9-10-4-6-19-7-5-10/h8,10H,3-7,9H2,1-2H3,(H2,14,15,16,17). The van der Waals surface area contributed by atoms with Gasteiger partial charge in [0.05, 0.1) is 0 Å². The lowest BCUT2D eigenvalue weighted by atomic mass is 10.0. The molecule has 0 aromatic carbocycles. The van der Waals surface area contributed by atoms with Gasteiger partial charge in [0, 0.05) is 19.2 Å². The predicted molar refractivity (Wildman–Crippen MR) is 86.5 cm³/mol. The van der Waals surface area contributed by atoms with Crippen LogP contribution in [0.2, 0.25) is 0 Å². The summed E-state index contributed by atoms with van der Waals surface area (Å²) in [5, 5.41) is 7.55. The molecule has 0 amide bonds. The molecule has 4 nitrogen and oxygen atoms in total. The van der Waals surface area contributed by atoms with Gasteiger partial charge >= 0.3 is 0 Å². The van der Waals surface area contributed by atoms with E-state index in [9.17, 15) is 0 Å². The summed E-state index contributed by atoms with van der Waals surface area (Å²) in [5.41, 5.74) is 0. The first-order chi connectivity index (χ1) is 9.31. The number of nitrogens with one attached hydrogen (secondary N) is 2. The second kappa shape index (κ2) is 7.85. The van der Waals surface area contributed by atoms with Crippen molar-refractivity contribution in [1.29, 1.82) is 0 Å². The maximum atomic E-state index is 4.51. The lowest BCUT2D eigenvalue weighted by molar-refractivity contribution is 0.515. The van der Waals surface area contributed by atoms with Crippen molar-refractivity contribution in [3.63, 3.8) is 0 Å². The van der Waals surface area contributed by atoms with Gasteiger partial charge in [0.2, 0.25) is 0 Å². The molecule has 6 heteroatoms. The van der Waals surface area contributed by atoms with Crippen LogP contribution in [0.1, 0.15) is 19.8 Å². The smallest absolute Gasteiger partial charge is 0.191 e. The SMILES string of the molecule is CCNc1cc(NCC2CCSCC2)nc(SC)n1. The van der Waals surface area contributed by atoms with E-state index >= 15 is 0 Å². The Balaban J connectivity index is 1.95. The molecule has 2 heterocycles. The highest BCUT2D eigenvalue weighted by atomic mass is 32.2. The molecule has 1 fully saturated rings. The maximum absolute atomic E-state index is 4.51. The van der Waals surface area contributed by atoms with E-state index in [2.05, 4.69) is 39.3 Å². The third-order valence-corrected chi connectivity index (χ3v) is 4.76. The Morgan fingerprint density at radius 3 is 2.58 bits per heavy atom. The van der Waals surface area contributed by atoms with Gasteiger partial charge in [-0.05, 0) is 43.4 Å². The van der Waals surface area contributed by atoms with Crippen molar-refractivity contribution in [2.24, 2.45) is 5.92 Å². The molecule has 106 valence electrons. The van der Waals surface area contributed by atoms with Crippen LogP contribution in [-0.2, 0) is 0 Å². The number of aromatic nitrogens is 2. The zero-order valence-electron chi connectivity index (χ0n) is 11.6. The Hall–Kier alpha value is -0.620. The van der Waals surface area contributed by atoms with Crippen LogP contribution in [0.25, 0.3) is 0 Å². The number of nitrogens with zero attached hydrogens (tertiary/aromatic N) is 2. The summed E-state index contributed by atoms with van der Waals surface area (Å²) in [6.45, 7) is 3.98. The Kier molecular flexibility index (Phi) is 6.10. The van der Waals surface area contributed by atoms with Gasteiger partial charge < -0.3 is 10.6 Å². The minimum atomic E-state index is 0.788. The number of hydrogen-bond acceptors (Lipinski definition) is 6. The Labute approximate surface area is 123 Å². The molecular weight excluding hydrogens is 276 g/mol. The van der Waals surface area contributed by atoms with E-state index in [1.807, 2.05) is 12.3 Å². The van der Waals surface area contributed by atoms with Gasteiger partial charge in [-0.3, -0.25) is 0 Å². The van der Waals surface area contributed by atoms with Crippen molar-refractivity contribution in [3.8, 4) is 0 Å². The van der Waals surface area contributed by atoms with E-state index in [-0.39, 0.29) is 0 Å². The molecule has 19 heavy (non-hydrogen) atoms. The first-order valence-corrected chi connectivity index (χ1v) is 9.18. The highest BCUT2D eigenvalue weighted by molar-refractivity contribution is 7.99. The van der Waals surface area contributed by atoms with Crippen molar-refractivity contribution < 1.29 is 0 Å². The number of thioether (sulfide) groups is 2. The summed E-state index contributed by atoms with van der Waals surface area (Å²) < 4.78 is 0. The van der Waals surface area contributed by atoms with Gasteiger partial charge in [-0.15, -0.1) is 0 Å². The summed E-state index contributed by atoms with van der Waals surface area (Å²) >= 11 is 3.65. The van der Waals surface area contributed by atoms with Crippen LogP contribution >= 0.6 is 23.5 Å². The second-order valence-electron chi connectivity index (χ2n) is 4.59. The van der Waals surface area contributed by atoms with Crippen LogP contribution in [-0.4, -0.2) is 40.8 Å². The molecule has 1 aliphatic rings. The number of anilines is 2. The van der Waals surface area contributed by atoms with Gasteiger partial charge in [-0.2, -0.15) is 11.8 Å². The van der Waals surface area contributed by atoms with Crippen LogP contribution in [0.15, 0.2) is 11.2 Å². The molecule has 0 saturated carbocycles. The van der Waals surface area contributed by atoms with Crippen LogP contribution in [0.5, 0.6) is 0 Å². The van der Waals surface area contributed by atoms with Crippen molar-refractivity contribution in [2.75, 3.05) is 41.5 Å². The van der Waals surface area contributed by atoms with Crippen LogP contribution in [0.4, 0.5) is 11.6 Å².